The number of rotatable bonds is 3. The Kier molecular flexibility index (Phi) is 5.00. The van der Waals surface area contributed by atoms with Crippen molar-refractivity contribution in [3.8, 4) is 33.4 Å². The van der Waals surface area contributed by atoms with Gasteiger partial charge in [0.1, 0.15) is 0 Å². The molecule has 0 saturated heterocycles. The van der Waals surface area contributed by atoms with Crippen LogP contribution in [0.1, 0.15) is 25.0 Å². The number of nitrogens with zero attached hydrogens (tertiary/aromatic N) is 1. The average molecular weight is 592 g/mol. The third kappa shape index (κ3) is 3.38. The van der Waals surface area contributed by atoms with Crippen LogP contribution < -0.4 is 4.90 Å². The second-order valence-corrected chi connectivity index (χ2v) is 14.0. The van der Waals surface area contributed by atoms with Gasteiger partial charge in [-0.1, -0.05) is 105 Å². The molecule has 2 heteroatoms. The van der Waals surface area contributed by atoms with E-state index >= 15 is 0 Å². The van der Waals surface area contributed by atoms with Crippen LogP contribution in [-0.2, 0) is 5.41 Å². The molecule has 1 aromatic heterocycles. The number of hydrogen-bond acceptors (Lipinski definition) is 2. The Bertz CT molecular complexity index is 2520. The maximum Gasteiger partial charge on any atom is 0.0471 e. The topological polar surface area (TPSA) is 3.24 Å². The summed E-state index contributed by atoms with van der Waals surface area (Å²) < 4.78 is 2.65. The van der Waals surface area contributed by atoms with Gasteiger partial charge in [-0.15, -0.1) is 11.3 Å². The lowest BCUT2D eigenvalue weighted by molar-refractivity contribution is 0.661. The van der Waals surface area contributed by atoms with Crippen LogP contribution in [0.4, 0.5) is 17.1 Å². The van der Waals surface area contributed by atoms with Gasteiger partial charge in [0.2, 0.25) is 0 Å². The number of thiophene rings is 1. The second-order valence-electron chi connectivity index (χ2n) is 12.9. The van der Waals surface area contributed by atoms with Crippen LogP contribution in [0.3, 0.4) is 0 Å². The molecule has 0 atom stereocenters. The third-order valence-electron chi connectivity index (χ3n) is 10.2. The van der Waals surface area contributed by atoms with E-state index in [4.69, 9.17) is 0 Å². The van der Waals surface area contributed by atoms with Gasteiger partial charge in [-0.05, 0) is 104 Å². The Morgan fingerprint density at radius 2 is 1.20 bits per heavy atom. The van der Waals surface area contributed by atoms with Crippen molar-refractivity contribution in [2.75, 3.05) is 4.90 Å². The van der Waals surface area contributed by atoms with Crippen molar-refractivity contribution in [3.05, 3.63) is 151 Å². The third-order valence-corrected chi connectivity index (χ3v) is 11.3. The molecule has 10 rings (SSSR count). The van der Waals surface area contributed by atoms with Crippen LogP contribution in [0, 0.1) is 0 Å². The molecule has 45 heavy (non-hydrogen) atoms. The Morgan fingerprint density at radius 3 is 2.07 bits per heavy atom. The van der Waals surface area contributed by atoms with Gasteiger partial charge in [0.05, 0.1) is 0 Å². The highest BCUT2D eigenvalue weighted by atomic mass is 32.1. The monoisotopic (exact) mass is 591 g/mol. The van der Waals surface area contributed by atoms with Crippen molar-refractivity contribution in [2.24, 2.45) is 0 Å². The summed E-state index contributed by atoms with van der Waals surface area (Å²) in [4.78, 5) is 2.46. The molecule has 1 heterocycles. The first kappa shape index (κ1) is 25.2. The van der Waals surface area contributed by atoms with Gasteiger partial charge in [-0.2, -0.15) is 0 Å². The molecule has 0 fully saturated rings. The first-order chi connectivity index (χ1) is 22.1. The van der Waals surface area contributed by atoms with Gasteiger partial charge in [-0.25, -0.2) is 0 Å². The minimum atomic E-state index is -0.140. The molecule has 2 aliphatic carbocycles. The van der Waals surface area contributed by atoms with Crippen LogP contribution in [0.25, 0.3) is 64.3 Å². The second kappa shape index (κ2) is 8.94. The summed E-state index contributed by atoms with van der Waals surface area (Å²) in [6.07, 6.45) is 0. The highest BCUT2D eigenvalue weighted by molar-refractivity contribution is 7.25. The zero-order valence-corrected chi connectivity index (χ0v) is 26.0. The van der Waals surface area contributed by atoms with E-state index in [2.05, 4.69) is 158 Å². The fourth-order valence-corrected chi connectivity index (χ4v) is 9.18. The predicted octanol–water partition coefficient (Wildman–Crippen LogP) is 12.6. The molecular weight excluding hydrogens is 563 g/mol. The van der Waals surface area contributed by atoms with Crippen molar-refractivity contribution in [1.82, 2.24) is 0 Å². The summed E-state index contributed by atoms with van der Waals surface area (Å²) in [6.45, 7) is 4.81. The molecular formula is C43H29NS. The summed E-state index contributed by atoms with van der Waals surface area (Å²) in [5.41, 5.74) is 14.3. The van der Waals surface area contributed by atoms with E-state index in [-0.39, 0.29) is 5.41 Å². The van der Waals surface area contributed by atoms with Crippen molar-refractivity contribution in [1.29, 1.82) is 0 Å². The number of benzene rings is 7. The lowest BCUT2D eigenvalue weighted by atomic mass is 9.80. The van der Waals surface area contributed by atoms with Crippen molar-refractivity contribution in [2.45, 2.75) is 19.3 Å². The van der Waals surface area contributed by atoms with Gasteiger partial charge in [0.15, 0.2) is 0 Å². The van der Waals surface area contributed by atoms with Gasteiger partial charge >= 0.3 is 0 Å². The van der Waals surface area contributed by atoms with E-state index in [1.165, 1.54) is 86.8 Å². The highest BCUT2D eigenvalue weighted by Gasteiger charge is 2.41. The Morgan fingerprint density at radius 1 is 0.467 bits per heavy atom. The summed E-state index contributed by atoms with van der Waals surface area (Å²) >= 11 is 1.87. The molecule has 8 aromatic rings. The van der Waals surface area contributed by atoms with Crippen molar-refractivity contribution >= 4 is 59.3 Å². The molecule has 0 spiro atoms. The lowest BCUT2D eigenvalue weighted by Gasteiger charge is -2.29. The fraction of sp³-hybridized carbons (Fsp3) is 0.0698. The Labute approximate surface area is 266 Å². The minimum Gasteiger partial charge on any atom is -0.310 e. The van der Waals surface area contributed by atoms with Gasteiger partial charge in [0.25, 0.3) is 0 Å². The molecule has 0 amide bonds. The summed E-state index contributed by atoms with van der Waals surface area (Å²) in [7, 11) is 0. The lowest BCUT2D eigenvalue weighted by Crippen LogP contribution is -2.17. The molecule has 0 aliphatic heterocycles. The van der Waals surface area contributed by atoms with Crippen LogP contribution in [0.5, 0.6) is 0 Å². The molecule has 1 nitrogen and oxygen atoms in total. The van der Waals surface area contributed by atoms with E-state index in [1.54, 1.807) is 0 Å². The SMILES string of the molecule is CC1(C)c2cc(N(c3ccccc3)c3ccc4sc5ccccc5c4c3)cc3c2-c2c1ccc1cccc(c21)-c1ccccc1-3. The predicted molar refractivity (Wildman–Crippen MR) is 194 cm³/mol. The van der Waals surface area contributed by atoms with Crippen molar-refractivity contribution in [3.63, 3.8) is 0 Å². The smallest absolute Gasteiger partial charge is 0.0471 e. The van der Waals surface area contributed by atoms with Crippen LogP contribution in [0.2, 0.25) is 0 Å². The quantitative estimate of drug-likeness (QED) is 0.198. The number of hydrogen-bond donors (Lipinski definition) is 0. The molecule has 212 valence electrons. The average Bonchev–Trinajstić information content (AvgIpc) is 3.52. The first-order valence-electron chi connectivity index (χ1n) is 15.7. The summed E-state index contributed by atoms with van der Waals surface area (Å²) in [5.74, 6) is 0. The molecule has 0 bridgehead atoms. The highest BCUT2D eigenvalue weighted by Crippen LogP contribution is 2.60. The molecule has 7 aromatic carbocycles. The van der Waals surface area contributed by atoms with Crippen LogP contribution >= 0.6 is 11.3 Å². The zero-order chi connectivity index (χ0) is 29.9. The molecule has 0 radical (unpaired) electrons. The molecule has 0 saturated carbocycles. The number of fused-ring (bicyclic) bond motifs is 6. The van der Waals surface area contributed by atoms with Gasteiger partial charge in [0, 0.05) is 42.6 Å². The maximum atomic E-state index is 2.48. The zero-order valence-electron chi connectivity index (χ0n) is 25.1. The van der Waals surface area contributed by atoms with E-state index in [9.17, 15) is 0 Å². The number of anilines is 3. The Balaban J connectivity index is 1.31. The fourth-order valence-electron chi connectivity index (χ4n) is 8.09. The largest absolute Gasteiger partial charge is 0.310 e. The van der Waals surface area contributed by atoms with E-state index in [1.807, 2.05) is 11.3 Å². The van der Waals surface area contributed by atoms with Gasteiger partial charge in [-0.3, -0.25) is 0 Å². The molecule has 0 N–H and O–H groups in total. The van der Waals surface area contributed by atoms with Gasteiger partial charge < -0.3 is 4.90 Å². The maximum absolute atomic E-state index is 2.48. The Hall–Kier alpha value is -5.18. The van der Waals surface area contributed by atoms with E-state index in [0.29, 0.717) is 0 Å². The number of para-hydroxylation sites is 1. The minimum absolute atomic E-state index is 0.140. The van der Waals surface area contributed by atoms with E-state index in [0.717, 1.165) is 5.69 Å². The molecule has 2 aliphatic rings. The summed E-state index contributed by atoms with van der Waals surface area (Å²) in [5, 5.41) is 5.32. The van der Waals surface area contributed by atoms with Crippen molar-refractivity contribution < 1.29 is 0 Å². The standard InChI is InChI=1S/C43H29NS/c1-43(2)36-21-19-26-11-10-17-33-30-14-6-7-15-31(30)35-24-29(25-37(43)41(35)42(36)40(26)33)44(27-12-4-3-5-13-27)28-20-22-39-34(23-28)32-16-8-9-18-38(32)45-39/h3-25H,1-2H3. The van der Waals surface area contributed by atoms with Crippen LogP contribution in [0.15, 0.2) is 140 Å². The summed E-state index contributed by atoms with van der Waals surface area (Å²) in [6, 6.07) is 52.1. The normalized spacial score (nSPS) is 13.7. The van der Waals surface area contributed by atoms with E-state index < -0.39 is 0 Å². The molecule has 0 unspecified atom stereocenters. The first-order valence-corrected chi connectivity index (χ1v) is 16.5. The van der Waals surface area contributed by atoms with Crippen LogP contribution in [-0.4, -0.2) is 0 Å².